The lowest BCUT2D eigenvalue weighted by molar-refractivity contribution is -0.140. The van der Waals surface area contributed by atoms with Crippen molar-refractivity contribution in [1.82, 2.24) is 0 Å². The Morgan fingerprint density at radius 1 is 0.885 bits per heavy atom. The lowest BCUT2D eigenvalue weighted by atomic mass is 10.00. The lowest BCUT2D eigenvalue weighted by Crippen LogP contribution is -2.17. The summed E-state index contributed by atoms with van der Waals surface area (Å²) >= 11 is 0. The number of Topliss-reactive ketones (excluding diaryl/α,β-unsaturated/α-hetero) is 1. The van der Waals surface area contributed by atoms with Crippen molar-refractivity contribution < 1.29 is 24.2 Å². The number of cyclic esters (lactones) is 1. The number of hydrogen-bond donors (Lipinski definition) is 1. The zero-order chi connectivity index (χ0) is 19.4. The van der Waals surface area contributed by atoms with Crippen LogP contribution in [0, 0.1) is 0 Å². The molecule has 1 aliphatic rings. The number of hydrogen-bond acceptors (Lipinski definition) is 4. The number of ketones is 1. The Morgan fingerprint density at radius 2 is 1.35 bits per heavy atom. The van der Waals surface area contributed by atoms with Crippen LogP contribution in [0.2, 0.25) is 0 Å². The molecule has 0 spiro atoms. The molecule has 1 rings (SSSR count). The van der Waals surface area contributed by atoms with Gasteiger partial charge in [-0.05, 0) is 33.1 Å². The molecule has 1 atom stereocenters. The van der Waals surface area contributed by atoms with Gasteiger partial charge in [-0.2, -0.15) is 0 Å². The zero-order valence-corrected chi connectivity index (χ0v) is 16.3. The summed E-state index contributed by atoms with van der Waals surface area (Å²) in [5.74, 6) is -1.24. The molecule has 0 unspecified atom stereocenters. The van der Waals surface area contributed by atoms with Crippen molar-refractivity contribution in [3.8, 4) is 0 Å². The summed E-state index contributed by atoms with van der Waals surface area (Å²) in [6.07, 6.45) is 13.5. The highest BCUT2D eigenvalue weighted by molar-refractivity contribution is 6.03. The van der Waals surface area contributed by atoms with Crippen molar-refractivity contribution in [3.63, 3.8) is 0 Å². The van der Waals surface area contributed by atoms with Gasteiger partial charge in [0.1, 0.15) is 11.9 Å². The number of unbranched alkanes of at least 4 members (excludes halogenated alkanes) is 10. The summed E-state index contributed by atoms with van der Waals surface area (Å²) < 4.78 is 5.15. The Bertz CT molecular complexity index is 507. The molecule has 0 aromatic carbocycles. The standard InChI is InChI=1S/C21H34O5/c1-16(22)14-12-10-8-6-4-3-5-7-9-11-13-15-18-19(20(23)24)17(2)21(25)26-18/h18H,3-15H2,1-2H3,(H,23,24)/t18-/m0/s1. The van der Waals surface area contributed by atoms with Crippen molar-refractivity contribution in [1.29, 1.82) is 0 Å². The van der Waals surface area contributed by atoms with Crippen molar-refractivity contribution in [2.75, 3.05) is 0 Å². The van der Waals surface area contributed by atoms with E-state index in [-0.39, 0.29) is 11.1 Å². The van der Waals surface area contributed by atoms with Crippen molar-refractivity contribution >= 4 is 17.7 Å². The van der Waals surface area contributed by atoms with Gasteiger partial charge in [0, 0.05) is 12.0 Å². The second-order valence-corrected chi connectivity index (χ2v) is 7.37. The number of carboxylic acids is 1. The predicted octanol–water partition coefficient (Wildman–Crippen LogP) is 4.97. The van der Waals surface area contributed by atoms with Crippen LogP contribution >= 0.6 is 0 Å². The second-order valence-electron chi connectivity index (χ2n) is 7.37. The van der Waals surface area contributed by atoms with Crippen LogP contribution in [-0.2, 0) is 19.1 Å². The highest BCUT2D eigenvalue weighted by Gasteiger charge is 2.35. The molecule has 0 saturated carbocycles. The van der Waals surface area contributed by atoms with Crippen LogP contribution in [-0.4, -0.2) is 28.9 Å². The first-order chi connectivity index (χ1) is 12.4. The molecule has 0 aliphatic carbocycles. The number of carbonyl (C=O) groups is 3. The van der Waals surface area contributed by atoms with E-state index in [4.69, 9.17) is 4.74 Å². The molecule has 0 saturated heterocycles. The van der Waals surface area contributed by atoms with E-state index in [1.807, 2.05) is 0 Å². The van der Waals surface area contributed by atoms with E-state index in [0.717, 1.165) is 38.5 Å². The predicted molar refractivity (Wildman–Crippen MR) is 101 cm³/mol. The molecule has 148 valence electrons. The monoisotopic (exact) mass is 366 g/mol. The Labute approximate surface area is 157 Å². The Kier molecular flexibility index (Phi) is 10.9. The molecule has 26 heavy (non-hydrogen) atoms. The molecule has 0 aromatic rings. The highest BCUT2D eigenvalue weighted by Crippen LogP contribution is 2.26. The van der Waals surface area contributed by atoms with Gasteiger partial charge in [0.15, 0.2) is 0 Å². The number of aliphatic carboxylic acids is 1. The normalized spacial score (nSPS) is 16.8. The van der Waals surface area contributed by atoms with Crippen LogP contribution in [0.15, 0.2) is 11.1 Å². The van der Waals surface area contributed by atoms with Gasteiger partial charge in [-0.1, -0.05) is 57.8 Å². The minimum Gasteiger partial charge on any atom is -0.478 e. The molecule has 0 amide bonds. The third-order valence-corrected chi connectivity index (χ3v) is 5.01. The van der Waals surface area contributed by atoms with Crippen LogP contribution in [0.3, 0.4) is 0 Å². The van der Waals surface area contributed by atoms with Crippen LogP contribution in [0.25, 0.3) is 0 Å². The smallest absolute Gasteiger partial charge is 0.335 e. The molecule has 5 heteroatoms. The molecular formula is C21H34O5. The number of carboxylic acid groups (broad SMARTS) is 1. The van der Waals surface area contributed by atoms with E-state index in [2.05, 4.69) is 0 Å². The third kappa shape index (κ3) is 8.63. The van der Waals surface area contributed by atoms with Crippen LogP contribution in [0.4, 0.5) is 0 Å². The number of carbonyl (C=O) groups excluding carboxylic acids is 2. The fourth-order valence-electron chi connectivity index (χ4n) is 3.42. The zero-order valence-electron chi connectivity index (χ0n) is 16.3. The quantitative estimate of drug-likeness (QED) is 0.327. The summed E-state index contributed by atoms with van der Waals surface area (Å²) in [4.78, 5) is 33.5. The fraction of sp³-hybridized carbons (Fsp3) is 0.762. The number of ether oxygens (including phenoxy) is 1. The summed E-state index contributed by atoms with van der Waals surface area (Å²) in [7, 11) is 0. The first-order valence-corrected chi connectivity index (χ1v) is 10.1. The van der Waals surface area contributed by atoms with Crippen molar-refractivity contribution in [2.45, 2.75) is 103 Å². The maximum Gasteiger partial charge on any atom is 0.335 e. The highest BCUT2D eigenvalue weighted by atomic mass is 16.5. The van der Waals surface area contributed by atoms with Gasteiger partial charge in [0.25, 0.3) is 0 Å². The van der Waals surface area contributed by atoms with Gasteiger partial charge in [0.2, 0.25) is 0 Å². The fourth-order valence-corrected chi connectivity index (χ4v) is 3.42. The largest absolute Gasteiger partial charge is 0.478 e. The molecule has 0 fully saturated rings. The summed E-state index contributed by atoms with van der Waals surface area (Å²) in [6.45, 7) is 3.18. The van der Waals surface area contributed by atoms with Gasteiger partial charge in [-0.3, -0.25) is 0 Å². The van der Waals surface area contributed by atoms with E-state index in [9.17, 15) is 19.5 Å². The van der Waals surface area contributed by atoms with E-state index in [1.165, 1.54) is 45.4 Å². The van der Waals surface area contributed by atoms with Gasteiger partial charge in [0.05, 0.1) is 5.57 Å². The average Bonchev–Trinajstić information content (AvgIpc) is 2.86. The van der Waals surface area contributed by atoms with Crippen LogP contribution in [0.1, 0.15) is 97.3 Å². The summed E-state index contributed by atoms with van der Waals surface area (Å²) in [6, 6.07) is 0. The van der Waals surface area contributed by atoms with Crippen molar-refractivity contribution in [3.05, 3.63) is 11.1 Å². The van der Waals surface area contributed by atoms with Crippen molar-refractivity contribution in [2.24, 2.45) is 0 Å². The molecule has 1 aliphatic heterocycles. The van der Waals surface area contributed by atoms with Crippen LogP contribution < -0.4 is 0 Å². The van der Waals surface area contributed by atoms with E-state index in [1.54, 1.807) is 6.92 Å². The number of rotatable bonds is 15. The first-order valence-electron chi connectivity index (χ1n) is 10.1. The molecule has 1 heterocycles. The molecule has 5 nitrogen and oxygen atoms in total. The van der Waals surface area contributed by atoms with Gasteiger partial charge in [-0.15, -0.1) is 0 Å². The minimum absolute atomic E-state index is 0.137. The molecular weight excluding hydrogens is 332 g/mol. The number of esters is 1. The maximum absolute atomic E-state index is 11.5. The van der Waals surface area contributed by atoms with E-state index in [0.29, 0.717) is 12.2 Å². The first kappa shape index (κ1) is 22.4. The molecule has 1 N–H and O–H groups in total. The Balaban J connectivity index is 1.95. The molecule has 0 bridgehead atoms. The summed E-state index contributed by atoms with van der Waals surface area (Å²) in [5.41, 5.74) is 0.377. The Morgan fingerprint density at radius 3 is 1.81 bits per heavy atom. The Hall–Kier alpha value is -1.65. The maximum atomic E-state index is 11.5. The van der Waals surface area contributed by atoms with E-state index >= 15 is 0 Å². The van der Waals surface area contributed by atoms with Crippen LogP contribution in [0.5, 0.6) is 0 Å². The topological polar surface area (TPSA) is 80.7 Å². The lowest BCUT2D eigenvalue weighted by Gasteiger charge is -2.11. The minimum atomic E-state index is -1.04. The van der Waals surface area contributed by atoms with Gasteiger partial charge >= 0.3 is 11.9 Å². The molecule has 0 aromatic heterocycles. The van der Waals surface area contributed by atoms with E-state index < -0.39 is 18.0 Å². The van der Waals surface area contributed by atoms with Gasteiger partial charge in [-0.25, -0.2) is 9.59 Å². The second kappa shape index (κ2) is 12.7. The summed E-state index contributed by atoms with van der Waals surface area (Å²) in [5, 5.41) is 9.18. The molecule has 0 radical (unpaired) electrons. The average molecular weight is 366 g/mol. The van der Waals surface area contributed by atoms with Gasteiger partial charge < -0.3 is 14.6 Å². The third-order valence-electron chi connectivity index (χ3n) is 5.01. The SMILES string of the molecule is CC(=O)CCCCCCCCCCCCC[C@@H]1OC(=O)C(C)=C1C(=O)O.